The van der Waals surface area contributed by atoms with Gasteiger partial charge in [0.25, 0.3) is 12.0 Å². The van der Waals surface area contributed by atoms with Crippen LogP contribution in [0.2, 0.25) is 0 Å². The molecule has 196 valence electrons. The van der Waals surface area contributed by atoms with Gasteiger partial charge in [0, 0.05) is 23.8 Å². The summed E-state index contributed by atoms with van der Waals surface area (Å²) in [6.07, 6.45) is 6.68. The van der Waals surface area contributed by atoms with Gasteiger partial charge in [0.2, 0.25) is 5.95 Å². The van der Waals surface area contributed by atoms with E-state index < -0.39 is 6.43 Å². The van der Waals surface area contributed by atoms with Crippen molar-refractivity contribution >= 4 is 28.6 Å². The number of ketones is 1. The molecule has 0 aromatic carbocycles. The van der Waals surface area contributed by atoms with E-state index in [0.29, 0.717) is 47.4 Å². The second-order valence-corrected chi connectivity index (χ2v) is 10.2. The van der Waals surface area contributed by atoms with Crippen LogP contribution in [0, 0.1) is 6.92 Å². The Balaban J connectivity index is 1.38. The Morgan fingerprint density at radius 2 is 1.84 bits per heavy atom. The Morgan fingerprint density at radius 3 is 2.46 bits per heavy atom. The number of carbonyl (C=O) groups is 1. The molecule has 2 fully saturated rings. The van der Waals surface area contributed by atoms with Crippen molar-refractivity contribution in [3.63, 3.8) is 0 Å². The molecule has 0 spiro atoms. The monoisotopic (exact) mass is 510 g/mol. The molecule has 0 unspecified atom stereocenters. The second-order valence-electron chi connectivity index (χ2n) is 10.2. The minimum absolute atomic E-state index is 0.0148. The number of likely N-dealkylation sites (tertiary alicyclic amines) is 1. The Hall–Kier alpha value is -3.27. The largest absolute Gasteiger partial charge is 0.309 e. The molecule has 5 rings (SSSR count). The van der Waals surface area contributed by atoms with Gasteiger partial charge in [0.15, 0.2) is 5.78 Å². The summed E-state index contributed by atoms with van der Waals surface area (Å²) in [5.41, 5.74) is 2.15. The highest BCUT2D eigenvalue weighted by Crippen LogP contribution is 2.32. The Labute approximate surface area is 214 Å². The molecule has 0 bridgehead atoms. The van der Waals surface area contributed by atoms with Crippen LogP contribution >= 0.6 is 0 Å². The number of Topliss-reactive ketones (excluding diaryl/α,β-unsaturated/α-hetero) is 1. The lowest BCUT2D eigenvalue weighted by Crippen LogP contribution is -2.36. The number of nitrogens with zero attached hydrogens (tertiary/aromatic N) is 5. The zero-order valence-electron chi connectivity index (χ0n) is 21.2. The normalized spacial score (nSPS) is 17.6. The number of piperidine rings is 1. The van der Waals surface area contributed by atoms with Crippen molar-refractivity contribution in [1.82, 2.24) is 24.4 Å². The van der Waals surface area contributed by atoms with Crippen molar-refractivity contribution in [3.05, 3.63) is 51.6 Å². The number of carbonyl (C=O) groups excluding carboxylic acids is 1. The molecule has 3 aromatic rings. The molecule has 0 atom stereocenters. The number of fused-ring (bicyclic) bond motifs is 1. The van der Waals surface area contributed by atoms with Gasteiger partial charge in [0.05, 0.1) is 12.1 Å². The Morgan fingerprint density at radius 1 is 1.11 bits per heavy atom. The highest BCUT2D eigenvalue weighted by atomic mass is 19.3. The molecule has 4 heterocycles. The topological polar surface area (TPSA) is 93.0 Å². The third-order valence-electron chi connectivity index (χ3n) is 7.73. The lowest BCUT2D eigenvalue weighted by molar-refractivity contribution is 0.0754. The van der Waals surface area contributed by atoms with Gasteiger partial charge in [-0.05, 0) is 75.7 Å². The van der Waals surface area contributed by atoms with E-state index >= 15 is 0 Å². The SMILES string of the molecule is CC(=O)c1c(C)c2cnc(Nc3ccc(C4CCN(CC(F)F)CC4)cn3)nc2n(C2CCCC2)c1=O. The van der Waals surface area contributed by atoms with Crippen molar-refractivity contribution in [2.45, 2.75) is 70.8 Å². The van der Waals surface area contributed by atoms with E-state index in [1.807, 2.05) is 23.2 Å². The predicted molar refractivity (Wildman–Crippen MR) is 138 cm³/mol. The van der Waals surface area contributed by atoms with E-state index in [4.69, 9.17) is 4.98 Å². The van der Waals surface area contributed by atoms with Crippen LogP contribution in [0.3, 0.4) is 0 Å². The molecule has 2 aliphatic rings. The number of alkyl halides is 2. The molecule has 1 aliphatic heterocycles. The van der Waals surface area contributed by atoms with E-state index in [9.17, 15) is 18.4 Å². The van der Waals surface area contributed by atoms with Gasteiger partial charge >= 0.3 is 0 Å². The van der Waals surface area contributed by atoms with Crippen molar-refractivity contribution in [1.29, 1.82) is 0 Å². The van der Waals surface area contributed by atoms with Crippen molar-refractivity contribution < 1.29 is 13.6 Å². The van der Waals surface area contributed by atoms with Crippen LogP contribution in [0.25, 0.3) is 11.0 Å². The summed E-state index contributed by atoms with van der Waals surface area (Å²) in [5, 5.41) is 3.84. The van der Waals surface area contributed by atoms with Gasteiger partial charge in [-0.1, -0.05) is 18.9 Å². The number of hydrogen-bond acceptors (Lipinski definition) is 7. The third kappa shape index (κ3) is 5.25. The second kappa shape index (κ2) is 10.6. The summed E-state index contributed by atoms with van der Waals surface area (Å²) in [4.78, 5) is 41.2. The van der Waals surface area contributed by atoms with E-state index in [1.54, 1.807) is 17.7 Å². The summed E-state index contributed by atoms with van der Waals surface area (Å²) in [6, 6.07) is 3.88. The van der Waals surface area contributed by atoms with Crippen LogP contribution in [0.4, 0.5) is 20.5 Å². The number of hydrogen-bond donors (Lipinski definition) is 1. The molecule has 1 aliphatic carbocycles. The Kier molecular flexibility index (Phi) is 7.28. The number of rotatable bonds is 7. The summed E-state index contributed by atoms with van der Waals surface area (Å²) >= 11 is 0. The van der Waals surface area contributed by atoms with E-state index in [1.165, 1.54) is 6.92 Å². The fourth-order valence-corrected chi connectivity index (χ4v) is 5.79. The number of anilines is 2. The molecule has 10 heteroatoms. The van der Waals surface area contributed by atoms with Gasteiger partial charge < -0.3 is 5.32 Å². The number of nitrogens with one attached hydrogen (secondary N) is 1. The first-order valence-corrected chi connectivity index (χ1v) is 13.0. The molecule has 0 amide bonds. The smallest absolute Gasteiger partial charge is 0.263 e. The quantitative estimate of drug-likeness (QED) is 0.447. The molecule has 8 nitrogen and oxygen atoms in total. The zero-order valence-corrected chi connectivity index (χ0v) is 21.2. The maximum atomic E-state index is 13.4. The number of aromatic nitrogens is 4. The molecular weight excluding hydrogens is 478 g/mol. The first-order chi connectivity index (χ1) is 17.8. The van der Waals surface area contributed by atoms with Crippen molar-refractivity contribution in [2.75, 3.05) is 25.0 Å². The van der Waals surface area contributed by atoms with Crippen LogP contribution < -0.4 is 10.9 Å². The summed E-state index contributed by atoms with van der Waals surface area (Å²) < 4.78 is 27.0. The molecule has 1 saturated heterocycles. The lowest BCUT2D eigenvalue weighted by atomic mass is 9.90. The fourth-order valence-electron chi connectivity index (χ4n) is 5.79. The van der Waals surface area contributed by atoms with E-state index in [0.717, 1.165) is 44.1 Å². The van der Waals surface area contributed by atoms with Gasteiger partial charge in [0.1, 0.15) is 11.5 Å². The summed E-state index contributed by atoms with van der Waals surface area (Å²) in [5.74, 6) is 0.952. The lowest BCUT2D eigenvalue weighted by Gasteiger charge is -2.31. The maximum absolute atomic E-state index is 13.4. The van der Waals surface area contributed by atoms with E-state index in [-0.39, 0.29) is 29.5 Å². The van der Waals surface area contributed by atoms with Gasteiger partial charge in [-0.2, -0.15) is 4.98 Å². The zero-order chi connectivity index (χ0) is 26.1. The van der Waals surface area contributed by atoms with Crippen LogP contribution in [0.15, 0.2) is 29.3 Å². The first-order valence-electron chi connectivity index (χ1n) is 13.0. The average Bonchev–Trinajstić information content (AvgIpc) is 3.39. The molecule has 3 aromatic heterocycles. The molecular formula is C27H32F2N6O2. The van der Waals surface area contributed by atoms with Crippen LogP contribution in [-0.2, 0) is 0 Å². The minimum atomic E-state index is -2.30. The summed E-state index contributed by atoms with van der Waals surface area (Å²) in [6.45, 7) is 4.35. The highest BCUT2D eigenvalue weighted by Gasteiger charge is 2.26. The van der Waals surface area contributed by atoms with E-state index in [2.05, 4.69) is 15.3 Å². The van der Waals surface area contributed by atoms with Crippen LogP contribution in [-0.4, -0.2) is 56.3 Å². The standard InChI is InChI=1S/C27H32F2N6O2/c1-16-21-14-31-27(33-25(21)35(20-5-3-4-6-20)26(37)24(16)17(2)36)32-23-8-7-19(13-30-23)18-9-11-34(12-10-18)15-22(28)29/h7-8,13-14,18,20,22H,3-6,9-12,15H2,1-2H3,(H,30,31,32,33). The highest BCUT2D eigenvalue weighted by molar-refractivity contribution is 5.99. The number of pyridine rings is 2. The maximum Gasteiger partial charge on any atom is 0.263 e. The van der Waals surface area contributed by atoms with Crippen LogP contribution in [0.1, 0.15) is 78.9 Å². The first kappa shape index (κ1) is 25.4. The average molecular weight is 511 g/mol. The fraction of sp³-hybridized carbons (Fsp3) is 0.519. The van der Waals surface area contributed by atoms with Crippen molar-refractivity contribution in [3.8, 4) is 0 Å². The third-order valence-corrected chi connectivity index (χ3v) is 7.73. The Bertz CT molecular complexity index is 1340. The minimum Gasteiger partial charge on any atom is -0.309 e. The molecule has 1 saturated carbocycles. The van der Waals surface area contributed by atoms with Crippen molar-refractivity contribution in [2.24, 2.45) is 0 Å². The van der Waals surface area contributed by atoms with Crippen LogP contribution in [0.5, 0.6) is 0 Å². The summed E-state index contributed by atoms with van der Waals surface area (Å²) in [7, 11) is 0. The molecule has 1 N–H and O–H groups in total. The predicted octanol–water partition coefficient (Wildman–Crippen LogP) is 5.00. The number of aryl methyl sites for hydroxylation is 1. The molecule has 37 heavy (non-hydrogen) atoms. The van der Waals surface area contributed by atoms with Gasteiger partial charge in [-0.25, -0.2) is 18.7 Å². The van der Waals surface area contributed by atoms with Gasteiger partial charge in [-0.3, -0.25) is 19.1 Å². The van der Waals surface area contributed by atoms with Gasteiger partial charge in [-0.15, -0.1) is 0 Å². The number of halogens is 2. The molecule has 0 radical (unpaired) electrons.